The number of nitrogen functional groups attached to an aromatic ring is 1. The smallest absolute Gasteiger partial charge is 0.340 e. The van der Waals surface area contributed by atoms with Gasteiger partial charge in [-0.1, -0.05) is 15.9 Å². The molecule has 20 heavy (non-hydrogen) atoms. The number of hydrogen-bond acceptors (Lipinski definition) is 4. The molecule has 0 bridgehead atoms. The van der Waals surface area contributed by atoms with Crippen LogP contribution in [0.4, 0.5) is 30.5 Å². The Balaban J connectivity index is 2.33. The van der Waals surface area contributed by atoms with Crippen molar-refractivity contribution in [2.75, 3.05) is 10.7 Å². The van der Waals surface area contributed by atoms with E-state index in [0.717, 1.165) is 16.6 Å². The van der Waals surface area contributed by atoms with Crippen LogP contribution in [0.15, 0.2) is 40.9 Å². The molecular formula is C12H10BrF3N4. The van der Waals surface area contributed by atoms with Crippen LogP contribution in [0.1, 0.15) is 5.56 Å². The lowest BCUT2D eigenvalue weighted by Gasteiger charge is -2.12. The van der Waals surface area contributed by atoms with Crippen molar-refractivity contribution in [3.8, 4) is 0 Å². The van der Waals surface area contributed by atoms with Crippen molar-refractivity contribution < 1.29 is 13.2 Å². The third-order valence-corrected chi connectivity index (χ3v) is 2.95. The van der Waals surface area contributed by atoms with Crippen molar-refractivity contribution in [1.82, 2.24) is 4.98 Å². The maximum absolute atomic E-state index is 12.7. The number of hydrazine groups is 1. The first kappa shape index (κ1) is 14.6. The zero-order chi connectivity index (χ0) is 14.8. The highest BCUT2D eigenvalue weighted by molar-refractivity contribution is 9.10. The molecule has 0 fully saturated rings. The van der Waals surface area contributed by atoms with E-state index < -0.39 is 11.7 Å². The standard InChI is InChI=1S/C12H10BrF3N4/c13-8-1-3-9(4-2-8)18-10-5-7(12(14,15)16)6-11(19-10)20-17/h1-6H,17H2,(H2,18,19,20). The van der Waals surface area contributed by atoms with Crippen molar-refractivity contribution in [1.29, 1.82) is 0 Å². The van der Waals surface area contributed by atoms with Crippen LogP contribution in [0.2, 0.25) is 0 Å². The summed E-state index contributed by atoms with van der Waals surface area (Å²) in [6, 6.07) is 8.70. The Morgan fingerprint density at radius 3 is 2.20 bits per heavy atom. The van der Waals surface area contributed by atoms with Gasteiger partial charge in [-0.05, 0) is 36.4 Å². The Labute approximate surface area is 121 Å². The molecule has 2 rings (SSSR count). The minimum atomic E-state index is -4.47. The highest BCUT2D eigenvalue weighted by Gasteiger charge is 2.31. The molecule has 4 nitrogen and oxygen atoms in total. The number of nitrogens with two attached hydrogens (primary N) is 1. The van der Waals surface area contributed by atoms with Gasteiger partial charge in [0, 0.05) is 10.2 Å². The lowest BCUT2D eigenvalue weighted by Crippen LogP contribution is -2.13. The van der Waals surface area contributed by atoms with Gasteiger partial charge >= 0.3 is 6.18 Å². The maximum Gasteiger partial charge on any atom is 0.416 e. The highest BCUT2D eigenvalue weighted by atomic mass is 79.9. The molecule has 0 aliphatic rings. The molecule has 0 aliphatic carbocycles. The summed E-state index contributed by atoms with van der Waals surface area (Å²) in [7, 11) is 0. The first-order chi connectivity index (χ1) is 9.38. The minimum Gasteiger partial charge on any atom is -0.340 e. The summed E-state index contributed by atoms with van der Waals surface area (Å²) in [6.07, 6.45) is -4.47. The number of hydrogen-bond donors (Lipinski definition) is 3. The summed E-state index contributed by atoms with van der Waals surface area (Å²) in [5.74, 6) is 5.11. The van der Waals surface area contributed by atoms with E-state index in [-0.39, 0.29) is 11.6 Å². The number of anilines is 3. The Kier molecular flexibility index (Phi) is 4.15. The molecular weight excluding hydrogens is 337 g/mol. The number of halogens is 4. The molecule has 2 aromatic rings. The number of aromatic nitrogens is 1. The molecule has 0 unspecified atom stereocenters. The number of nitrogens with one attached hydrogen (secondary N) is 2. The molecule has 1 heterocycles. The maximum atomic E-state index is 12.7. The molecule has 106 valence electrons. The summed E-state index contributed by atoms with van der Waals surface area (Å²) in [5.41, 5.74) is 1.90. The molecule has 4 N–H and O–H groups in total. The first-order valence-electron chi connectivity index (χ1n) is 5.47. The van der Waals surface area contributed by atoms with E-state index in [4.69, 9.17) is 5.84 Å². The lowest BCUT2D eigenvalue weighted by atomic mass is 10.2. The van der Waals surface area contributed by atoms with Gasteiger partial charge in [-0.2, -0.15) is 13.2 Å². The molecule has 1 aromatic heterocycles. The predicted octanol–water partition coefficient (Wildman–Crippen LogP) is 3.89. The zero-order valence-electron chi connectivity index (χ0n) is 10.0. The quantitative estimate of drug-likeness (QED) is 0.582. The monoisotopic (exact) mass is 346 g/mol. The normalized spacial score (nSPS) is 11.2. The Bertz CT molecular complexity index is 599. The topological polar surface area (TPSA) is 63.0 Å². The largest absolute Gasteiger partial charge is 0.416 e. The van der Waals surface area contributed by atoms with Crippen LogP contribution < -0.4 is 16.6 Å². The minimum absolute atomic E-state index is 0.0510. The predicted molar refractivity (Wildman–Crippen MR) is 74.5 cm³/mol. The fraction of sp³-hybridized carbons (Fsp3) is 0.0833. The highest BCUT2D eigenvalue weighted by Crippen LogP contribution is 2.32. The van der Waals surface area contributed by atoms with Crippen LogP contribution in [-0.4, -0.2) is 4.98 Å². The van der Waals surface area contributed by atoms with E-state index in [1.807, 2.05) is 0 Å². The zero-order valence-corrected chi connectivity index (χ0v) is 11.6. The molecule has 0 aliphatic heterocycles. The summed E-state index contributed by atoms with van der Waals surface area (Å²) in [4.78, 5) is 3.92. The van der Waals surface area contributed by atoms with E-state index in [0.29, 0.717) is 5.69 Å². The van der Waals surface area contributed by atoms with Crippen LogP contribution in [0.25, 0.3) is 0 Å². The average Bonchev–Trinajstić information content (AvgIpc) is 2.40. The number of nitrogens with zero attached hydrogens (tertiary/aromatic N) is 1. The number of rotatable bonds is 3. The fourth-order valence-electron chi connectivity index (χ4n) is 1.51. The summed E-state index contributed by atoms with van der Waals surface area (Å²) >= 11 is 3.27. The van der Waals surface area contributed by atoms with Gasteiger partial charge < -0.3 is 10.7 Å². The number of benzene rings is 1. The third-order valence-electron chi connectivity index (χ3n) is 2.42. The van der Waals surface area contributed by atoms with Crippen molar-refractivity contribution in [3.63, 3.8) is 0 Å². The Hall–Kier alpha value is -1.80. The van der Waals surface area contributed by atoms with Gasteiger partial charge in [0.1, 0.15) is 11.6 Å². The Morgan fingerprint density at radius 1 is 1.05 bits per heavy atom. The van der Waals surface area contributed by atoms with E-state index >= 15 is 0 Å². The second-order valence-corrected chi connectivity index (χ2v) is 4.82. The molecule has 0 saturated heterocycles. The van der Waals surface area contributed by atoms with E-state index in [1.165, 1.54) is 0 Å². The number of alkyl halides is 3. The first-order valence-corrected chi connectivity index (χ1v) is 6.26. The van der Waals surface area contributed by atoms with Crippen LogP contribution >= 0.6 is 15.9 Å². The van der Waals surface area contributed by atoms with E-state index in [2.05, 4.69) is 31.7 Å². The Morgan fingerprint density at radius 2 is 1.65 bits per heavy atom. The summed E-state index contributed by atoms with van der Waals surface area (Å²) in [6.45, 7) is 0. The average molecular weight is 347 g/mol. The second-order valence-electron chi connectivity index (χ2n) is 3.90. The van der Waals surface area contributed by atoms with E-state index in [1.54, 1.807) is 24.3 Å². The van der Waals surface area contributed by atoms with Crippen molar-refractivity contribution in [3.05, 3.63) is 46.4 Å². The van der Waals surface area contributed by atoms with Crippen molar-refractivity contribution >= 4 is 33.3 Å². The molecule has 0 atom stereocenters. The molecule has 8 heteroatoms. The molecule has 0 spiro atoms. The summed E-state index contributed by atoms with van der Waals surface area (Å²) < 4.78 is 39.1. The number of pyridine rings is 1. The van der Waals surface area contributed by atoms with Gasteiger partial charge in [0.25, 0.3) is 0 Å². The third kappa shape index (κ3) is 3.61. The molecule has 0 radical (unpaired) electrons. The van der Waals surface area contributed by atoms with Crippen molar-refractivity contribution in [2.24, 2.45) is 5.84 Å². The summed E-state index contributed by atoms with van der Waals surface area (Å²) in [5, 5.41) is 2.79. The second kappa shape index (κ2) is 5.68. The van der Waals surface area contributed by atoms with Crippen molar-refractivity contribution in [2.45, 2.75) is 6.18 Å². The lowest BCUT2D eigenvalue weighted by molar-refractivity contribution is -0.137. The van der Waals surface area contributed by atoms with Gasteiger partial charge in [-0.25, -0.2) is 10.8 Å². The van der Waals surface area contributed by atoms with Crippen LogP contribution in [-0.2, 0) is 6.18 Å². The van der Waals surface area contributed by atoms with Gasteiger partial charge in [0.05, 0.1) is 5.56 Å². The van der Waals surface area contributed by atoms with Crippen LogP contribution in [0, 0.1) is 0 Å². The van der Waals surface area contributed by atoms with Crippen LogP contribution in [0.5, 0.6) is 0 Å². The van der Waals surface area contributed by atoms with Gasteiger partial charge in [0.2, 0.25) is 0 Å². The van der Waals surface area contributed by atoms with Crippen LogP contribution in [0.3, 0.4) is 0 Å². The fourth-order valence-corrected chi connectivity index (χ4v) is 1.78. The van der Waals surface area contributed by atoms with Gasteiger partial charge in [0.15, 0.2) is 0 Å². The van der Waals surface area contributed by atoms with E-state index in [9.17, 15) is 13.2 Å². The van der Waals surface area contributed by atoms with Gasteiger partial charge in [-0.15, -0.1) is 0 Å². The molecule has 0 amide bonds. The van der Waals surface area contributed by atoms with Gasteiger partial charge in [-0.3, -0.25) is 0 Å². The SMILES string of the molecule is NNc1cc(C(F)(F)F)cc(Nc2ccc(Br)cc2)n1. The molecule has 0 saturated carbocycles. The molecule has 1 aromatic carbocycles.